The van der Waals surface area contributed by atoms with Crippen LogP contribution in [0, 0.1) is 6.92 Å². The Morgan fingerprint density at radius 3 is 2.47 bits per heavy atom. The molecule has 1 aromatic rings. The Balaban J connectivity index is 2.26. The van der Waals surface area contributed by atoms with Crippen LogP contribution in [0.2, 0.25) is 0 Å². The third-order valence-electron chi connectivity index (χ3n) is 3.50. The van der Waals surface area contributed by atoms with Gasteiger partial charge < -0.3 is 0 Å². The van der Waals surface area contributed by atoms with E-state index in [0.717, 1.165) is 36.8 Å². The van der Waals surface area contributed by atoms with E-state index in [1.54, 1.807) is 16.4 Å². The van der Waals surface area contributed by atoms with Gasteiger partial charge in [-0.1, -0.05) is 36.3 Å². The number of nitrogens with zero attached hydrogens (tertiary/aromatic N) is 1. The van der Waals surface area contributed by atoms with Crippen molar-refractivity contribution in [3.8, 4) is 0 Å². The van der Waals surface area contributed by atoms with Crippen LogP contribution in [-0.2, 0) is 10.0 Å². The number of aryl methyl sites for hydroxylation is 1. The Kier molecular flexibility index (Phi) is 4.42. The minimum absolute atomic E-state index is 0.381. The molecule has 104 valence electrons. The van der Waals surface area contributed by atoms with Crippen LogP contribution in [-0.4, -0.2) is 25.8 Å². The monoisotopic (exact) mass is 279 g/mol. The molecule has 3 nitrogen and oxygen atoms in total. The highest BCUT2D eigenvalue weighted by Crippen LogP contribution is 2.21. The minimum Gasteiger partial charge on any atom is -0.207 e. The zero-order valence-corrected chi connectivity index (χ0v) is 12.2. The van der Waals surface area contributed by atoms with Gasteiger partial charge in [0.1, 0.15) is 0 Å². The molecule has 0 spiro atoms. The van der Waals surface area contributed by atoms with Gasteiger partial charge in [-0.05, 0) is 38.3 Å². The van der Waals surface area contributed by atoms with Crippen molar-refractivity contribution in [3.63, 3.8) is 0 Å². The van der Waals surface area contributed by atoms with Crippen molar-refractivity contribution in [2.45, 2.75) is 37.5 Å². The highest BCUT2D eigenvalue weighted by molar-refractivity contribution is 7.89. The number of sulfonamides is 1. The molecule has 1 heterocycles. The quantitative estimate of drug-likeness (QED) is 0.780. The van der Waals surface area contributed by atoms with Crippen LogP contribution >= 0.6 is 0 Å². The lowest BCUT2D eigenvalue weighted by molar-refractivity contribution is 0.402. The van der Waals surface area contributed by atoms with Gasteiger partial charge in [-0.15, -0.1) is 0 Å². The van der Waals surface area contributed by atoms with Gasteiger partial charge in [-0.25, -0.2) is 8.42 Å². The summed E-state index contributed by atoms with van der Waals surface area (Å²) in [5.74, 6) is 0. The maximum Gasteiger partial charge on any atom is 0.243 e. The number of hydrogen-bond donors (Lipinski definition) is 0. The van der Waals surface area contributed by atoms with E-state index in [4.69, 9.17) is 0 Å². The Labute approximate surface area is 116 Å². The van der Waals surface area contributed by atoms with Gasteiger partial charge in [-0.2, -0.15) is 4.31 Å². The minimum atomic E-state index is -3.38. The summed E-state index contributed by atoms with van der Waals surface area (Å²) in [6.45, 7) is 6.98. The summed E-state index contributed by atoms with van der Waals surface area (Å²) in [6.07, 6.45) is 4.05. The van der Waals surface area contributed by atoms with Crippen molar-refractivity contribution in [2.75, 3.05) is 13.1 Å². The Hall–Kier alpha value is -1.13. The molecule has 0 aliphatic carbocycles. The van der Waals surface area contributed by atoms with E-state index in [9.17, 15) is 8.42 Å². The molecule has 1 aliphatic rings. The molecule has 0 bridgehead atoms. The summed E-state index contributed by atoms with van der Waals surface area (Å²) in [5.41, 5.74) is 2.08. The standard InChI is InChI=1S/C15H21NO2S/c1-13-7-9-15(10-8-13)19(17,18)16-11-5-3-4-6-14(2)12-16/h7-10H,2-6,11-12H2,1H3. The Morgan fingerprint density at radius 2 is 1.79 bits per heavy atom. The second-order valence-electron chi connectivity index (χ2n) is 5.21. The normalized spacial score (nSPS) is 18.9. The third kappa shape index (κ3) is 3.45. The van der Waals surface area contributed by atoms with Gasteiger partial charge in [0, 0.05) is 13.1 Å². The van der Waals surface area contributed by atoms with E-state index < -0.39 is 10.0 Å². The van der Waals surface area contributed by atoms with Crippen LogP contribution in [0.15, 0.2) is 41.3 Å². The summed E-state index contributed by atoms with van der Waals surface area (Å²) in [5, 5.41) is 0. The van der Waals surface area contributed by atoms with E-state index in [2.05, 4.69) is 6.58 Å². The average molecular weight is 279 g/mol. The third-order valence-corrected chi connectivity index (χ3v) is 5.36. The molecule has 0 saturated carbocycles. The largest absolute Gasteiger partial charge is 0.243 e. The average Bonchev–Trinajstić information content (AvgIpc) is 2.34. The van der Waals surface area contributed by atoms with E-state index >= 15 is 0 Å². The zero-order valence-electron chi connectivity index (χ0n) is 11.4. The van der Waals surface area contributed by atoms with E-state index in [-0.39, 0.29) is 0 Å². The first kappa shape index (κ1) is 14.3. The molecule has 4 heteroatoms. The van der Waals surface area contributed by atoms with E-state index in [0.29, 0.717) is 18.0 Å². The lowest BCUT2D eigenvalue weighted by Gasteiger charge is -2.25. The smallest absolute Gasteiger partial charge is 0.207 e. The first-order chi connectivity index (χ1) is 9.00. The fourth-order valence-corrected chi connectivity index (χ4v) is 3.81. The number of benzene rings is 1. The molecule has 1 aliphatic heterocycles. The molecule has 1 fully saturated rings. The highest BCUT2D eigenvalue weighted by Gasteiger charge is 2.25. The molecule has 1 aromatic carbocycles. The van der Waals surface area contributed by atoms with Crippen molar-refractivity contribution >= 4 is 10.0 Å². The summed E-state index contributed by atoms with van der Waals surface area (Å²) >= 11 is 0. The summed E-state index contributed by atoms with van der Waals surface area (Å²) in [4.78, 5) is 0.381. The maximum atomic E-state index is 12.6. The predicted molar refractivity (Wildman–Crippen MR) is 77.5 cm³/mol. The fourth-order valence-electron chi connectivity index (χ4n) is 2.31. The molecule has 0 amide bonds. The Bertz CT molecular complexity index is 546. The fraction of sp³-hybridized carbons (Fsp3) is 0.467. The van der Waals surface area contributed by atoms with Crippen molar-refractivity contribution in [3.05, 3.63) is 42.0 Å². The molecule has 0 unspecified atom stereocenters. The molecule has 0 aromatic heterocycles. The lowest BCUT2D eigenvalue weighted by atomic mass is 10.1. The number of hydrogen-bond acceptors (Lipinski definition) is 2. The van der Waals surface area contributed by atoms with Crippen LogP contribution in [0.4, 0.5) is 0 Å². The second-order valence-corrected chi connectivity index (χ2v) is 7.15. The second kappa shape index (κ2) is 5.88. The molecule has 0 N–H and O–H groups in total. The van der Waals surface area contributed by atoms with E-state index in [1.165, 1.54) is 0 Å². The van der Waals surface area contributed by atoms with Crippen molar-refractivity contribution in [1.29, 1.82) is 0 Å². The van der Waals surface area contributed by atoms with Crippen LogP contribution in [0.1, 0.15) is 31.2 Å². The van der Waals surface area contributed by atoms with Gasteiger partial charge in [-0.3, -0.25) is 0 Å². The predicted octanol–water partition coefficient (Wildman–Crippen LogP) is 3.12. The molecule has 19 heavy (non-hydrogen) atoms. The van der Waals surface area contributed by atoms with Crippen molar-refractivity contribution in [1.82, 2.24) is 4.31 Å². The van der Waals surface area contributed by atoms with Crippen LogP contribution in [0.5, 0.6) is 0 Å². The number of rotatable bonds is 2. The molecule has 1 saturated heterocycles. The molecular formula is C15H21NO2S. The van der Waals surface area contributed by atoms with Gasteiger partial charge >= 0.3 is 0 Å². The van der Waals surface area contributed by atoms with Crippen molar-refractivity contribution in [2.24, 2.45) is 0 Å². The SMILES string of the molecule is C=C1CCCCCN(S(=O)(=O)c2ccc(C)cc2)C1. The van der Waals surface area contributed by atoms with Gasteiger partial charge in [0.05, 0.1) is 4.90 Å². The summed E-state index contributed by atoms with van der Waals surface area (Å²) in [6, 6.07) is 7.05. The maximum absolute atomic E-state index is 12.6. The summed E-state index contributed by atoms with van der Waals surface area (Å²) < 4.78 is 26.8. The molecular weight excluding hydrogens is 258 g/mol. The van der Waals surface area contributed by atoms with Crippen molar-refractivity contribution < 1.29 is 8.42 Å². The van der Waals surface area contributed by atoms with Crippen LogP contribution in [0.25, 0.3) is 0 Å². The van der Waals surface area contributed by atoms with Gasteiger partial charge in [0.25, 0.3) is 0 Å². The summed E-state index contributed by atoms with van der Waals surface area (Å²) in [7, 11) is -3.38. The van der Waals surface area contributed by atoms with Gasteiger partial charge in [0.2, 0.25) is 10.0 Å². The topological polar surface area (TPSA) is 37.4 Å². The molecule has 0 radical (unpaired) electrons. The van der Waals surface area contributed by atoms with E-state index in [1.807, 2.05) is 19.1 Å². The van der Waals surface area contributed by atoms with Crippen LogP contribution in [0.3, 0.4) is 0 Å². The lowest BCUT2D eigenvalue weighted by Crippen LogP contribution is -2.34. The first-order valence-electron chi connectivity index (χ1n) is 6.73. The van der Waals surface area contributed by atoms with Gasteiger partial charge in [0.15, 0.2) is 0 Å². The van der Waals surface area contributed by atoms with Crippen LogP contribution < -0.4 is 0 Å². The Morgan fingerprint density at radius 1 is 1.11 bits per heavy atom. The first-order valence-corrected chi connectivity index (χ1v) is 8.17. The molecule has 2 rings (SSSR count). The highest BCUT2D eigenvalue weighted by atomic mass is 32.2. The molecule has 0 atom stereocenters. The zero-order chi connectivity index (χ0) is 13.9.